The van der Waals surface area contributed by atoms with Gasteiger partial charge in [-0.1, -0.05) is 0 Å². The summed E-state index contributed by atoms with van der Waals surface area (Å²) in [5, 5.41) is 4.17. The number of hydrogen-bond donors (Lipinski definition) is 2. The highest BCUT2D eigenvalue weighted by atomic mass is 16.5. The Hall–Kier alpha value is -0.910. The minimum Gasteiger partial charge on any atom is -0.381 e. The van der Waals surface area contributed by atoms with Crippen molar-refractivity contribution in [2.75, 3.05) is 13.2 Å². The third-order valence-electron chi connectivity index (χ3n) is 3.26. The third-order valence-corrected chi connectivity index (χ3v) is 3.26. The number of hydrazine groups is 1. The smallest absolute Gasteiger partial charge is 0.0522 e. The molecule has 0 spiro atoms. The number of ether oxygens (including phenoxy) is 1. The normalized spacial score (nSPS) is 19.9. The Morgan fingerprint density at radius 3 is 2.94 bits per heavy atom. The first-order valence-corrected chi connectivity index (χ1v) is 5.81. The second-order valence-corrected chi connectivity index (χ2v) is 4.45. The first kappa shape index (κ1) is 11.6. The van der Waals surface area contributed by atoms with Gasteiger partial charge in [0.1, 0.15) is 0 Å². The summed E-state index contributed by atoms with van der Waals surface area (Å²) in [6, 6.07) is 0.327. The largest absolute Gasteiger partial charge is 0.381 e. The fourth-order valence-electron chi connectivity index (χ4n) is 2.31. The first-order valence-electron chi connectivity index (χ1n) is 5.81. The maximum Gasteiger partial charge on any atom is 0.0522 e. The summed E-state index contributed by atoms with van der Waals surface area (Å²) in [5.74, 6) is 6.25. The molecule has 3 N–H and O–H groups in total. The lowest BCUT2D eigenvalue weighted by Crippen LogP contribution is -2.44. The lowest BCUT2D eigenvalue weighted by Gasteiger charge is -2.29. The number of aromatic nitrogens is 2. The lowest BCUT2D eigenvalue weighted by atomic mass is 9.89. The number of nitrogens with two attached hydrogens (primary N) is 1. The van der Waals surface area contributed by atoms with Crippen LogP contribution in [0.2, 0.25) is 0 Å². The number of hydrogen-bond acceptors (Lipinski definition) is 4. The maximum atomic E-state index is 5.64. The van der Waals surface area contributed by atoms with Crippen LogP contribution in [0.4, 0.5) is 0 Å². The molecule has 1 aliphatic heterocycles. The predicted molar refractivity (Wildman–Crippen MR) is 61.6 cm³/mol. The van der Waals surface area contributed by atoms with Crippen LogP contribution in [-0.4, -0.2) is 29.0 Å². The molecule has 0 radical (unpaired) electrons. The molecule has 0 saturated carbocycles. The summed E-state index contributed by atoms with van der Waals surface area (Å²) in [6.07, 6.45) is 7.08. The minimum absolute atomic E-state index is 0.327. The van der Waals surface area contributed by atoms with Crippen LogP contribution < -0.4 is 11.3 Å². The molecule has 5 nitrogen and oxygen atoms in total. The molecular weight excluding hydrogens is 204 g/mol. The Morgan fingerprint density at radius 1 is 1.62 bits per heavy atom. The molecule has 0 aliphatic carbocycles. The van der Waals surface area contributed by atoms with E-state index in [-0.39, 0.29) is 0 Å². The minimum atomic E-state index is 0.327. The Labute approximate surface area is 95.9 Å². The Bertz CT molecular complexity index is 320. The van der Waals surface area contributed by atoms with E-state index in [4.69, 9.17) is 10.6 Å². The quantitative estimate of drug-likeness (QED) is 0.567. The van der Waals surface area contributed by atoms with E-state index in [9.17, 15) is 0 Å². The van der Waals surface area contributed by atoms with Gasteiger partial charge in [-0.2, -0.15) is 5.10 Å². The van der Waals surface area contributed by atoms with Gasteiger partial charge in [-0.05, 0) is 30.7 Å². The van der Waals surface area contributed by atoms with E-state index >= 15 is 0 Å². The molecule has 2 heterocycles. The SMILES string of the molecule is Cn1cc(CC(NN)C2CCOCC2)cn1. The van der Waals surface area contributed by atoms with E-state index in [2.05, 4.69) is 10.5 Å². The van der Waals surface area contributed by atoms with Gasteiger partial charge in [0.15, 0.2) is 0 Å². The average Bonchev–Trinajstić information content (AvgIpc) is 2.73. The van der Waals surface area contributed by atoms with Crippen molar-refractivity contribution in [2.45, 2.75) is 25.3 Å². The number of nitrogens with zero attached hydrogens (tertiary/aromatic N) is 2. The van der Waals surface area contributed by atoms with Gasteiger partial charge < -0.3 is 4.74 Å². The van der Waals surface area contributed by atoms with Crippen molar-refractivity contribution in [1.82, 2.24) is 15.2 Å². The molecule has 1 fully saturated rings. The molecule has 0 amide bonds. The number of rotatable bonds is 4. The second kappa shape index (κ2) is 5.43. The fourth-order valence-corrected chi connectivity index (χ4v) is 2.31. The van der Waals surface area contributed by atoms with Crippen molar-refractivity contribution < 1.29 is 4.74 Å². The van der Waals surface area contributed by atoms with E-state index in [0.29, 0.717) is 12.0 Å². The van der Waals surface area contributed by atoms with E-state index in [1.54, 1.807) is 0 Å². The Morgan fingerprint density at radius 2 is 2.38 bits per heavy atom. The molecule has 0 bridgehead atoms. The van der Waals surface area contributed by atoms with Gasteiger partial charge in [0.2, 0.25) is 0 Å². The molecule has 1 unspecified atom stereocenters. The first-order chi connectivity index (χ1) is 7.79. The van der Waals surface area contributed by atoms with Crippen molar-refractivity contribution >= 4 is 0 Å². The molecule has 1 saturated heterocycles. The summed E-state index contributed by atoms with van der Waals surface area (Å²) < 4.78 is 7.19. The molecule has 90 valence electrons. The summed E-state index contributed by atoms with van der Waals surface area (Å²) >= 11 is 0. The zero-order valence-corrected chi connectivity index (χ0v) is 9.72. The summed E-state index contributed by atoms with van der Waals surface area (Å²) in [6.45, 7) is 1.71. The van der Waals surface area contributed by atoms with Gasteiger partial charge in [0.25, 0.3) is 0 Å². The van der Waals surface area contributed by atoms with Crippen LogP contribution in [-0.2, 0) is 18.2 Å². The summed E-state index contributed by atoms with van der Waals surface area (Å²) in [5.41, 5.74) is 4.17. The molecule has 1 atom stereocenters. The Balaban J connectivity index is 1.94. The fraction of sp³-hybridized carbons (Fsp3) is 0.727. The summed E-state index contributed by atoms with van der Waals surface area (Å²) in [7, 11) is 1.93. The third kappa shape index (κ3) is 2.81. The van der Waals surface area contributed by atoms with Gasteiger partial charge in [-0.3, -0.25) is 16.0 Å². The van der Waals surface area contributed by atoms with E-state index in [0.717, 1.165) is 32.5 Å². The van der Waals surface area contributed by atoms with Crippen LogP contribution in [0.1, 0.15) is 18.4 Å². The Kier molecular flexibility index (Phi) is 3.93. The van der Waals surface area contributed by atoms with Crippen LogP contribution in [0.15, 0.2) is 12.4 Å². The maximum absolute atomic E-state index is 5.64. The van der Waals surface area contributed by atoms with Gasteiger partial charge in [-0.25, -0.2) is 0 Å². The molecule has 2 rings (SSSR count). The average molecular weight is 224 g/mol. The van der Waals surface area contributed by atoms with Crippen molar-refractivity contribution in [3.8, 4) is 0 Å². The van der Waals surface area contributed by atoms with Crippen molar-refractivity contribution in [2.24, 2.45) is 18.8 Å². The van der Waals surface area contributed by atoms with Crippen LogP contribution >= 0.6 is 0 Å². The molecular formula is C11H20N4O. The van der Waals surface area contributed by atoms with Crippen LogP contribution in [0.3, 0.4) is 0 Å². The van der Waals surface area contributed by atoms with E-state index in [1.807, 2.05) is 24.1 Å². The zero-order valence-electron chi connectivity index (χ0n) is 9.72. The zero-order chi connectivity index (χ0) is 11.4. The standard InChI is InChI=1S/C11H20N4O/c1-15-8-9(7-13-15)6-11(14-12)10-2-4-16-5-3-10/h7-8,10-11,14H,2-6,12H2,1H3. The molecule has 1 aliphatic rings. The van der Waals surface area contributed by atoms with Crippen molar-refractivity contribution in [1.29, 1.82) is 0 Å². The van der Waals surface area contributed by atoms with Gasteiger partial charge >= 0.3 is 0 Å². The van der Waals surface area contributed by atoms with Crippen LogP contribution in [0.5, 0.6) is 0 Å². The number of aryl methyl sites for hydroxylation is 1. The van der Waals surface area contributed by atoms with Crippen molar-refractivity contribution in [3.63, 3.8) is 0 Å². The second-order valence-electron chi connectivity index (χ2n) is 4.45. The molecule has 0 aromatic carbocycles. The van der Waals surface area contributed by atoms with E-state index < -0.39 is 0 Å². The molecule has 1 aromatic heterocycles. The molecule has 1 aromatic rings. The van der Waals surface area contributed by atoms with Crippen molar-refractivity contribution in [3.05, 3.63) is 18.0 Å². The van der Waals surface area contributed by atoms with Gasteiger partial charge in [0, 0.05) is 32.5 Å². The molecule has 5 heteroatoms. The highest BCUT2D eigenvalue weighted by Gasteiger charge is 2.23. The highest BCUT2D eigenvalue weighted by Crippen LogP contribution is 2.20. The summed E-state index contributed by atoms with van der Waals surface area (Å²) in [4.78, 5) is 0. The van der Waals surface area contributed by atoms with Crippen LogP contribution in [0.25, 0.3) is 0 Å². The monoisotopic (exact) mass is 224 g/mol. The van der Waals surface area contributed by atoms with E-state index in [1.165, 1.54) is 5.56 Å². The van der Waals surface area contributed by atoms with Crippen LogP contribution in [0, 0.1) is 5.92 Å². The lowest BCUT2D eigenvalue weighted by molar-refractivity contribution is 0.0538. The van der Waals surface area contributed by atoms with Gasteiger partial charge in [-0.15, -0.1) is 0 Å². The topological polar surface area (TPSA) is 65.1 Å². The highest BCUT2D eigenvalue weighted by molar-refractivity contribution is 5.06. The predicted octanol–water partition coefficient (Wildman–Crippen LogP) is 0.221. The molecule has 16 heavy (non-hydrogen) atoms. The van der Waals surface area contributed by atoms with Gasteiger partial charge in [0.05, 0.1) is 6.20 Å². The number of nitrogens with one attached hydrogen (secondary N) is 1.